The van der Waals surface area contributed by atoms with E-state index in [0.29, 0.717) is 5.56 Å². The Balaban J connectivity index is 1.60. The summed E-state index contributed by atoms with van der Waals surface area (Å²) in [6, 6.07) is 5.90. The van der Waals surface area contributed by atoms with Crippen LogP contribution in [0.4, 0.5) is 0 Å². The van der Waals surface area contributed by atoms with Crippen molar-refractivity contribution in [3.05, 3.63) is 52.5 Å². The summed E-state index contributed by atoms with van der Waals surface area (Å²) >= 11 is 0. The van der Waals surface area contributed by atoms with Gasteiger partial charge in [0.2, 0.25) is 0 Å². The van der Waals surface area contributed by atoms with Crippen molar-refractivity contribution >= 4 is 16.8 Å². The molecule has 5 heteroatoms. The lowest BCUT2D eigenvalue weighted by atomic mass is 9.95. The molecule has 0 fully saturated rings. The van der Waals surface area contributed by atoms with E-state index in [2.05, 4.69) is 15.4 Å². The number of carbonyl (C=O) groups excluding carboxylic acids is 1. The van der Waals surface area contributed by atoms with Gasteiger partial charge in [-0.2, -0.15) is 5.10 Å². The summed E-state index contributed by atoms with van der Waals surface area (Å²) in [5, 5.41) is 8.56. The Morgan fingerprint density at radius 2 is 2.12 bits per heavy atom. The summed E-state index contributed by atoms with van der Waals surface area (Å²) in [5.74, 6) is -0.0385. The van der Waals surface area contributed by atoms with Crippen molar-refractivity contribution in [2.24, 2.45) is 7.05 Å². The molecule has 2 heterocycles. The van der Waals surface area contributed by atoms with Gasteiger partial charge in [0.25, 0.3) is 5.91 Å². The third kappa shape index (κ3) is 2.73. The smallest absolute Gasteiger partial charge is 0.251 e. The molecular weight excluding hydrogens is 312 g/mol. The molecule has 2 N–H and O–H groups in total. The minimum atomic E-state index is -0.0722. The van der Waals surface area contributed by atoms with Crippen LogP contribution in [0.2, 0.25) is 0 Å². The number of rotatable bonds is 3. The van der Waals surface area contributed by atoms with Gasteiger partial charge in [-0.3, -0.25) is 9.48 Å². The Bertz CT molecular complexity index is 950. The fourth-order valence-corrected chi connectivity index (χ4v) is 3.85. The number of amides is 1. The summed E-state index contributed by atoms with van der Waals surface area (Å²) in [5.41, 5.74) is 6.72. The SMILES string of the molecule is Cc1c([C@H](C)NC(=O)c2ccc3[nH]c4c(c3c2)CCCC4)cnn1C. The van der Waals surface area contributed by atoms with Gasteiger partial charge in [-0.05, 0) is 63.3 Å². The number of nitrogens with one attached hydrogen (secondary N) is 2. The van der Waals surface area contributed by atoms with Crippen molar-refractivity contribution < 1.29 is 4.79 Å². The summed E-state index contributed by atoms with van der Waals surface area (Å²) in [4.78, 5) is 16.2. The molecule has 2 aromatic heterocycles. The fraction of sp³-hybridized carbons (Fsp3) is 0.400. The van der Waals surface area contributed by atoms with Crippen LogP contribution in [0.1, 0.15) is 58.7 Å². The summed E-state index contributed by atoms with van der Waals surface area (Å²) < 4.78 is 1.83. The normalized spacial score (nSPS) is 15.2. The Labute approximate surface area is 147 Å². The highest BCUT2D eigenvalue weighted by Crippen LogP contribution is 2.29. The van der Waals surface area contributed by atoms with Crippen LogP contribution in [-0.4, -0.2) is 20.7 Å². The molecule has 3 aromatic rings. The van der Waals surface area contributed by atoms with E-state index in [1.165, 1.54) is 29.5 Å². The van der Waals surface area contributed by atoms with Crippen LogP contribution < -0.4 is 5.32 Å². The predicted octanol–water partition coefficient (Wildman–Crippen LogP) is 3.58. The average Bonchev–Trinajstić information content (AvgIpc) is 3.15. The van der Waals surface area contributed by atoms with E-state index in [1.54, 1.807) is 0 Å². The number of H-pyrrole nitrogens is 1. The summed E-state index contributed by atoms with van der Waals surface area (Å²) in [6.07, 6.45) is 6.52. The van der Waals surface area contributed by atoms with Crippen LogP contribution in [0.3, 0.4) is 0 Å². The van der Waals surface area contributed by atoms with Gasteiger partial charge in [0.05, 0.1) is 12.2 Å². The summed E-state index contributed by atoms with van der Waals surface area (Å²) in [7, 11) is 1.91. The first-order chi connectivity index (χ1) is 12.0. The molecular formula is C20H24N4O. The van der Waals surface area contributed by atoms with Crippen molar-refractivity contribution in [2.75, 3.05) is 0 Å². The molecule has 1 atom stereocenters. The van der Waals surface area contributed by atoms with Crippen molar-refractivity contribution in [1.29, 1.82) is 0 Å². The second-order valence-corrected chi connectivity index (χ2v) is 7.05. The molecule has 1 aliphatic rings. The molecule has 0 spiro atoms. The van der Waals surface area contributed by atoms with E-state index in [4.69, 9.17) is 0 Å². The second kappa shape index (κ2) is 6.06. The zero-order valence-electron chi connectivity index (χ0n) is 15.0. The monoisotopic (exact) mass is 336 g/mol. The van der Waals surface area contributed by atoms with Crippen LogP contribution >= 0.6 is 0 Å². The Morgan fingerprint density at radius 1 is 1.32 bits per heavy atom. The first-order valence-corrected chi connectivity index (χ1v) is 8.97. The Hall–Kier alpha value is -2.56. The molecule has 0 radical (unpaired) electrons. The maximum absolute atomic E-state index is 12.7. The molecule has 0 bridgehead atoms. The number of nitrogens with zero attached hydrogens (tertiary/aromatic N) is 2. The van der Waals surface area contributed by atoms with Gasteiger partial charge in [0, 0.05) is 40.5 Å². The summed E-state index contributed by atoms with van der Waals surface area (Å²) in [6.45, 7) is 4.02. The minimum absolute atomic E-state index is 0.0385. The van der Waals surface area contributed by atoms with Gasteiger partial charge in [-0.25, -0.2) is 0 Å². The van der Waals surface area contributed by atoms with Crippen LogP contribution in [0.25, 0.3) is 10.9 Å². The van der Waals surface area contributed by atoms with Crippen LogP contribution in [0.15, 0.2) is 24.4 Å². The van der Waals surface area contributed by atoms with Crippen LogP contribution in [0, 0.1) is 6.92 Å². The van der Waals surface area contributed by atoms with E-state index >= 15 is 0 Å². The molecule has 1 aliphatic carbocycles. The molecule has 25 heavy (non-hydrogen) atoms. The Kier molecular flexibility index (Phi) is 3.86. The highest BCUT2D eigenvalue weighted by atomic mass is 16.1. The van der Waals surface area contributed by atoms with E-state index in [0.717, 1.165) is 29.6 Å². The van der Waals surface area contributed by atoms with E-state index in [-0.39, 0.29) is 11.9 Å². The minimum Gasteiger partial charge on any atom is -0.358 e. The first-order valence-electron chi connectivity index (χ1n) is 8.97. The largest absolute Gasteiger partial charge is 0.358 e. The number of benzene rings is 1. The number of hydrogen-bond donors (Lipinski definition) is 2. The van der Waals surface area contributed by atoms with E-state index in [9.17, 15) is 4.79 Å². The zero-order valence-corrected chi connectivity index (χ0v) is 15.0. The molecule has 130 valence electrons. The van der Waals surface area contributed by atoms with Crippen molar-refractivity contribution in [2.45, 2.75) is 45.6 Å². The maximum Gasteiger partial charge on any atom is 0.251 e. The standard InChI is InChI=1S/C20H24N4O/c1-12(17-11-21-24(3)13(17)2)22-20(25)14-8-9-19-16(10-14)15-6-4-5-7-18(15)23-19/h8-12,23H,4-7H2,1-3H3,(H,22,25)/t12-/m0/s1. The van der Waals surface area contributed by atoms with Gasteiger partial charge in [-0.15, -0.1) is 0 Å². The first kappa shape index (κ1) is 15.9. The molecule has 0 saturated carbocycles. The van der Waals surface area contributed by atoms with Gasteiger partial charge in [0.15, 0.2) is 0 Å². The molecule has 4 rings (SSSR count). The number of aromatic amines is 1. The molecule has 0 aliphatic heterocycles. The third-order valence-electron chi connectivity index (χ3n) is 5.45. The van der Waals surface area contributed by atoms with Crippen molar-refractivity contribution in [3.63, 3.8) is 0 Å². The lowest BCUT2D eigenvalue weighted by molar-refractivity contribution is 0.0940. The Morgan fingerprint density at radius 3 is 2.88 bits per heavy atom. The van der Waals surface area contributed by atoms with Crippen LogP contribution in [0.5, 0.6) is 0 Å². The number of hydrogen-bond acceptors (Lipinski definition) is 2. The number of carbonyl (C=O) groups is 1. The van der Waals surface area contributed by atoms with E-state index < -0.39 is 0 Å². The maximum atomic E-state index is 12.7. The molecule has 1 aromatic carbocycles. The zero-order chi connectivity index (χ0) is 17.6. The number of fused-ring (bicyclic) bond motifs is 3. The van der Waals surface area contributed by atoms with Gasteiger partial charge in [0.1, 0.15) is 0 Å². The molecule has 0 saturated heterocycles. The van der Waals surface area contributed by atoms with Crippen molar-refractivity contribution in [1.82, 2.24) is 20.1 Å². The molecule has 0 unspecified atom stereocenters. The fourth-order valence-electron chi connectivity index (χ4n) is 3.85. The topological polar surface area (TPSA) is 62.7 Å². The highest BCUT2D eigenvalue weighted by Gasteiger charge is 2.19. The van der Waals surface area contributed by atoms with Gasteiger partial charge < -0.3 is 10.3 Å². The predicted molar refractivity (Wildman–Crippen MR) is 98.8 cm³/mol. The number of aryl methyl sites for hydroxylation is 3. The van der Waals surface area contributed by atoms with Crippen LogP contribution in [-0.2, 0) is 19.9 Å². The third-order valence-corrected chi connectivity index (χ3v) is 5.45. The van der Waals surface area contributed by atoms with Gasteiger partial charge in [-0.1, -0.05) is 0 Å². The van der Waals surface area contributed by atoms with Crippen molar-refractivity contribution in [3.8, 4) is 0 Å². The average molecular weight is 336 g/mol. The molecule has 1 amide bonds. The second-order valence-electron chi connectivity index (χ2n) is 7.05. The number of aromatic nitrogens is 3. The quantitative estimate of drug-likeness (QED) is 0.768. The van der Waals surface area contributed by atoms with E-state index in [1.807, 2.05) is 50.0 Å². The lowest BCUT2D eigenvalue weighted by Crippen LogP contribution is -2.26. The highest BCUT2D eigenvalue weighted by molar-refractivity contribution is 5.99. The molecule has 5 nitrogen and oxygen atoms in total. The van der Waals surface area contributed by atoms with Gasteiger partial charge >= 0.3 is 0 Å². The lowest BCUT2D eigenvalue weighted by Gasteiger charge is -2.14.